The van der Waals surface area contributed by atoms with Crippen molar-refractivity contribution in [3.63, 3.8) is 0 Å². The number of benzene rings is 2. The summed E-state index contributed by atoms with van der Waals surface area (Å²) in [5.74, 6) is -3.08. The maximum atomic E-state index is 13.7. The summed E-state index contributed by atoms with van der Waals surface area (Å²) < 4.78 is 41.0. The van der Waals surface area contributed by atoms with Gasteiger partial charge in [-0.25, -0.2) is 9.59 Å². The zero-order valence-electron chi connectivity index (χ0n) is 24.6. The van der Waals surface area contributed by atoms with Crippen molar-refractivity contribution in [3.8, 4) is 0 Å². The van der Waals surface area contributed by atoms with E-state index in [1.165, 1.54) is 0 Å². The number of nitrogens with one attached hydrogen (secondary N) is 2. The number of carbonyl (C=O) groups excluding carboxylic acids is 3. The lowest BCUT2D eigenvalue weighted by atomic mass is 10.0. The van der Waals surface area contributed by atoms with Gasteiger partial charge in [0.1, 0.15) is 31.4 Å². The molecule has 2 N–H and O–H groups in total. The summed E-state index contributed by atoms with van der Waals surface area (Å²) in [6.45, 7) is 6.95. The number of carbonyl (C=O) groups is 3. The maximum absolute atomic E-state index is 13.7. The molecule has 2 amide bonds. The first-order valence-corrected chi connectivity index (χ1v) is 14.3. The molecule has 0 aromatic heterocycles. The topological polar surface area (TPSA) is 140 Å². The van der Waals surface area contributed by atoms with Crippen molar-refractivity contribution in [3.05, 3.63) is 71.8 Å². The summed E-state index contributed by atoms with van der Waals surface area (Å²) >= 11 is 0. The molecule has 0 aliphatic carbocycles. The summed E-state index contributed by atoms with van der Waals surface area (Å²) in [4.78, 5) is 38.7. The van der Waals surface area contributed by atoms with Crippen LogP contribution in [0.25, 0.3) is 0 Å². The van der Waals surface area contributed by atoms with Crippen LogP contribution in [0.3, 0.4) is 0 Å². The van der Waals surface area contributed by atoms with Crippen LogP contribution in [-0.4, -0.2) is 79.4 Å². The van der Waals surface area contributed by atoms with E-state index in [9.17, 15) is 14.4 Å². The van der Waals surface area contributed by atoms with Gasteiger partial charge in [-0.05, 0) is 38.8 Å². The van der Waals surface area contributed by atoms with E-state index in [0.29, 0.717) is 0 Å². The number of fused-ring (bicyclic) bond motifs is 1. The molecule has 232 valence electrons. The summed E-state index contributed by atoms with van der Waals surface area (Å²) in [5, 5.41) is 5.10. The number of amides is 2. The predicted molar refractivity (Wildman–Crippen MR) is 150 cm³/mol. The van der Waals surface area contributed by atoms with Gasteiger partial charge in [0.15, 0.2) is 30.1 Å². The van der Waals surface area contributed by atoms with E-state index in [1.807, 2.05) is 60.7 Å². The Morgan fingerprint density at radius 3 is 2.21 bits per heavy atom. The monoisotopic (exact) mass is 598 g/mol. The lowest BCUT2D eigenvalue weighted by molar-refractivity contribution is -0.235. The molecule has 3 fully saturated rings. The SMILES string of the molecule is CC1(C)O[C@@H]2O[C@H]([C@@H]3COC(C)(C)O3)[C@H](OC(=O)[C@H](Cc3ccccc3)NC(=O)CNC(=O)OCc3ccccc3)[C@H]2O1. The van der Waals surface area contributed by atoms with Crippen LogP contribution >= 0.6 is 0 Å². The molecule has 0 unspecified atom stereocenters. The predicted octanol–water partition coefficient (Wildman–Crippen LogP) is 2.58. The van der Waals surface area contributed by atoms with Gasteiger partial charge in [-0.2, -0.15) is 0 Å². The van der Waals surface area contributed by atoms with Crippen LogP contribution in [0.4, 0.5) is 4.79 Å². The van der Waals surface area contributed by atoms with Gasteiger partial charge in [0.05, 0.1) is 6.61 Å². The first-order chi connectivity index (χ1) is 20.5. The second kappa shape index (κ2) is 13.0. The van der Waals surface area contributed by atoms with Crippen LogP contribution in [-0.2, 0) is 55.8 Å². The first kappa shape index (κ1) is 30.9. The fraction of sp³-hybridized carbons (Fsp3) is 0.516. The Bertz CT molecular complexity index is 1270. The van der Waals surface area contributed by atoms with Crippen molar-refractivity contribution >= 4 is 18.0 Å². The summed E-state index contributed by atoms with van der Waals surface area (Å²) in [7, 11) is 0. The zero-order chi connectivity index (χ0) is 30.6. The number of hydrogen-bond acceptors (Lipinski definition) is 10. The standard InChI is InChI=1S/C31H38N2O10/c1-30(2)38-18-22(41-30)24-25(26-28(40-24)43-31(3,4)42-26)39-27(35)21(15-19-11-7-5-8-12-19)33-23(34)16-32-29(36)37-17-20-13-9-6-10-14-20/h5-14,21-22,24-26,28H,15-18H2,1-4H3,(H,32,36)(H,33,34)/t21-,22-,24+,25-,26+,28-/m0/s1. The molecule has 6 atom stereocenters. The molecular weight excluding hydrogens is 560 g/mol. The molecule has 0 radical (unpaired) electrons. The van der Waals surface area contributed by atoms with Crippen LogP contribution in [0.2, 0.25) is 0 Å². The van der Waals surface area contributed by atoms with Crippen molar-refractivity contribution < 1.29 is 47.5 Å². The highest BCUT2D eigenvalue weighted by Crippen LogP contribution is 2.42. The lowest BCUT2D eigenvalue weighted by Gasteiger charge is -2.30. The molecule has 3 aliphatic rings. The molecule has 2 aromatic rings. The molecular formula is C31H38N2O10. The normalized spacial score (nSPS) is 27.6. The molecule has 5 rings (SSSR count). The second-order valence-electron chi connectivity index (χ2n) is 11.6. The fourth-order valence-corrected chi connectivity index (χ4v) is 5.25. The number of ether oxygens (including phenoxy) is 7. The minimum Gasteiger partial charge on any atom is -0.455 e. The molecule has 0 bridgehead atoms. The Balaban J connectivity index is 1.24. The summed E-state index contributed by atoms with van der Waals surface area (Å²) in [6.07, 6.45) is -4.28. The van der Waals surface area contributed by atoms with Gasteiger partial charge in [0, 0.05) is 6.42 Å². The Kier molecular flexibility index (Phi) is 9.33. The zero-order valence-corrected chi connectivity index (χ0v) is 24.6. The van der Waals surface area contributed by atoms with Crippen LogP contribution in [0, 0.1) is 0 Å². The Labute approximate surface area is 250 Å². The quantitative estimate of drug-likeness (QED) is 0.392. The van der Waals surface area contributed by atoms with Crippen molar-refractivity contribution in [1.82, 2.24) is 10.6 Å². The smallest absolute Gasteiger partial charge is 0.407 e. The molecule has 3 heterocycles. The van der Waals surface area contributed by atoms with Gasteiger partial charge < -0.3 is 43.8 Å². The van der Waals surface area contributed by atoms with Gasteiger partial charge in [-0.15, -0.1) is 0 Å². The highest BCUT2D eigenvalue weighted by molar-refractivity contribution is 5.87. The van der Waals surface area contributed by atoms with E-state index in [1.54, 1.807) is 27.7 Å². The molecule has 12 nitrogen and oxygen atoms in total. The van der Waals surface area contributed by atoms with Crippen LogP contribution < -0.4 is 10.6 Å². The summed E-state index contributed by atoms with van der Waals surface area (Å²) in [5.41, 5.74) is 1.61. The highest BCUT2D eigenvalue weighted by Gasteiger charge is 2.60. The van der Waals surface area contributed by atoms with E-state index in [-0.39, 0.29) is 19.6 Å². The third-order valence-corrected chi connectivity index (χ3v) is 7.18. The largest absolute Gasteiger partial charge is 0.455 e. The maximum Gasteiger partial charge on any atom is 0.407 e. The third kappa shape index (κ3) is 8.09. The lowest BCUT2D eigenvalue weighted by Crippen LogP contribution is -2.51. The van der Waals surface area contributed by atoms with E-state index in [0.717, 1.165) is 11.1 Å². The van der Waals surface area contributed by atoms with Crippen LogP contribution in [0.5, 0.6) is 0 Å². The van der Waals surface area contributed by atoms with Crippen LogP contribution in [0.1, 0.15) is 38.8 Å². The Morgan fingerprint density at radius 2 is 1.56 bits per heavy atom. The molecule has 3 saturated heterocycles. The summed E-state index contributed by atoms with van der Waals surface area (Å²) in [6, 6.07) is 17.3. The van der Waals surface area contributed by atoms with Crippen molar-refractivity contribution in [2.24, 2.45) is 0 Å². The molecule has 0 spiro atoms. The number of alkyl carbamates (subject to hydrolysis) is 1. The van der Waals surface area contributed by atoms with Gasteiger partial charge >= 0.3 is 12.1 Å². The van der Waals surface area contributed by atoms with Crippen LogP contribution in [0.15, 0.2) is 60.7 Å². The highest BCUT2D eigenvalue weighted by atomic mass is 16.8. The van der Waals surface area contributed by atoms with E-state index in [4.69, 9.17) is 33.2 Å². The van der Waals surface area contributed by atoms with Crippen molar-refractivity contribution in [1.29, 1.82) is 0 Å². The van der Waals surface area contributed by atoms with Gasteiger partial charge in [0.25, 0.3) is 0 Å². The third-order valence-electron chi connectivity index (χ3n) is 7.18. The van der Waals surface area contributed by atoms with E-state index >= 15 is 0 Å². The molecule has 3 aliphatic heterocycles. The molecule has 12 heteroatoms. The fourth-order valence-electron chi connectivity index (χ4n) is 5.25. The minimum atomic E-state index is -1.08. The first-order valence-electron chi connectivity index (χ1n) is 14.3. The van der Waals surface area contributed by atoms with Crippen molar-refractivity contribution in [2.45, 2.75) is 89.0 Å². The van der Waals surface area contributed by atoms with Gasteiger partial charge in [-0.3, -0.25) is 4.79 Å². The molecule has 2 aromatic carbocycles. The molecule has 0 saturated carbocycles. The Morgan fingerprint density at radius 1 is 0.884 bits per heavy atom. The number of hydrogen-bond donors (Lipinski definition) is 2. The van der Waals surface area contributed by atoms with Gasteiger partial charge in [0.2, 0.25) is 5.91 Å². The average molecular weight is 599 g/mol. The van der Waals surface area contributed by atoms with Crippen molar-refractivity contribution in [2.75, 3.05) is 13.2 Å². The van der Waals surface area contributed by atoms with E-state index in [2.05, 4.69) is 10.6 Å². The number of rotatable bonds is 10. The second-order valence-corrected chi connectivity index (χ2v) is 11.6. The molecule has 43 heavy (non-hydrogen) atoms. The van der Waals surface area contributed by atoms with E-state index < -0.39 is 72.8 Å². The number of esters is 1. The Hall–Kier alpha value is -3.55. The average Bonchev–Trinajstić information content (AvgIpc) is 3.60. The minimum absolute atomic E-state index is 0.0551. The van der Waals surface area contributed by atoms with Gasteiger partial charge in [-0.1, -0.05) is 60.7 Å².